The maximum absolute atomic E-state index is 12.2. The third-order valence-corrected chi connectivity index (χ3v) is 3.29. The van der Waals surface area contributed by atoms with E-state index in [0.29, 0.717) is 27.9 Å². The first kappa shape index (κ1) is 12.9. The Hall–Kier alpha value is -1.56. The summed E-state index contributed by atoms with van der Waals surface area (Å²) >= 11 is 5.00. The number of rotatable bonds is 4. The molecule has 5 nitrogen and oxygen atoms in total. The zero-order valence-electron chi connectivity index (χ0n) is 10.4. The summed E-state index contributed by atoms with van der Waals surface area (Å²) in [6.45, 7) is 3.56. The largest absolute Gasteiger partial charge is 0.392 e. The third-order valence-electron chi connectivity index (χ3n) is 3.03. The molecule has 1 heterocycles. The number of nitrogens with one attached hydrogen (secondary N) is 1. The van der Waals surface area contributed by atoms with E-state index in [1.807, 2.05) is 0 Å². The van der Waals surface area contributed by atoms with Gasteiger partial charge in [0.2, 0.25) is 0 Å². The highest BCUT2D eigenvalue weighted by molar-refractivity contribution is 7.80. The summed E-state index contributed by atoms with van der Waals surface area (Å²) in [6, 6.07) is 1.52. The standard InChI is InChI=1S/C12H16N4OS/c1-6-5-9(7(2)16-15-6)12(17)14-10(11(13)18)8-3-4-8/h5,8,10H,3-4H2,1-2H3,(H2,13,18)(H,14,17). The highest BCUT2D eigenvalue weighted by atomic mass is 32.1. The molecule has 0 aromatic carbocycles. The van der Waals surface area contributed by atoms with Gasteiger partial charge in [0.25, 0.3) is 5.91 Å². The van der Waals surface area contributed by atoms with E-state index < -0.39 is 0 Å². The minimum Gasteiger partial charge on any atom is -0.392 e. The van der Waals surface area contributed by atoms with Crippen molar-refractivity contribution in [1.82, 2.24) is 15.5 Å². The zero-order valence-corrected chi connectivity index (χ0v) is 11.3. The highest BCUT2D eigenvalue weighted by Crippen LogP contribution is 2.32. The maximum Gasteiger partial charge on any atom is 0.253 e. The monoisotopic (exact) mass is 264 g/mol. The molecule has 2 rings (SSSR count). The molecule has 3 N–H and O–H groups in total. The predicted molar refractivity (Wildman–Crippen MR) is 72.3 cm³/mol. The summed E-state index contributed by atoms with van der Waals surface area (Å²) in [4.78, 5) is 12.5. The lowest BCUT2D eigenvalue weighted by atomic mass is 10.1. The molecule has 1 unspecified atom stereocenters. The van der Waals surface area contributed by atoms with Crippen LogP contribution in [-0.2, 0) is 0 Å². The first-order valence-electron chi connectivity index (χ1n) is 5.90. The number of thiocarbonyl (C=S) groups is 1. The Morgan fingerprint density at radius 2 is 2.17 bits per heavy atom. The van der Waals surface area contributed by atoms with Gasteiger partial charge in [0, 0.05) is 0 Å². The average Bonchev–Trinajstić information content (AvgIpc) is 3.12. The van der Waals surface area contributed by atoms with Gasteiger partial charge in [0.05, 0.1) is 28.0 Å². The molecule has 0 saturated heterocycles. The van der Waals surface area contributed by atoms with Gasteiger partial charge < -0.3 is 11.1 Å². The number of nitrogens with zero attached hydrogens (tertiary/aromatic N) is 2. The van der Waals surface area contributed by atoms with Crippen molar-refractivity contribution in [2.75, 3.05) is 0 Å². The van der Waals surface area contributed by atoms with E-state index in [0.717, 1.165) is 12.8 Å². The van der Waals surface area contributed by atoms with Gasteiger partial charge in [-0.1, -0.05) is 12.2 Å². The van der Waals surface area contributed by atoms with Crippen molar-refractivity contribution in [2.24, 2.45) is 11.7 Å². The fraction of sp³-hybridized carbons (Fsp3) is 0.500. The lowest BCUT2D eigenvalue weighted by molar-refractivity contribution is 0.0942. The third kappa shape index (κ3) is 2.81. The summed E-state index contributed by atoms with van der Waals surface area (Å²) in [6.07, 6.45) is 2.13. The lowest BCUT2D eigenvalue weighted by Crippen LogP contribution is -2.45. The van der Waals surface area contributed by atoms with Crippen LogP contribution in [0.2, 0.25) is 0 Å². The number of amides is 1. The van der Waals surface area contributed by atoms with Gasteiger partial charge in [-0.05, 0) is 38.7 Å². The SMILES string of the molecule is Cc1cc(C(=O)NC(C(N)=S)C2CC2)c(C)nn1. The van der Waals surface area contributed by atoms with Crippen LogP contribution < -0.4 is 11.1 Å². The first-order chi connectivity index (χ1) is 8.49. The molecule has 96 valence electrons. The second-order valence-electron chi connectivity index (χ2n) is 4.68. The van der Waals surface area contributed by atoms with Crippen LogP contribution in [0.3, 0.4) is 0 Å². The van der Waals surface area contributed by atoms with Gasteiger partial charge >= 0.3 is 0 Å². The number of hydrogen-bond donors (Lipinski definition) is 2. The first-order valence-corrected chi connectivity index (χ1v) is 6.31. The van der Waals surface area contributed by atoms with E-state index in [2.05, 4.69) is 15.5 Å². The van der Waals surface area contributed by atoms with Crippen LogP contribution >= 0.6 is 12.2 Å². The molecule has 0 aliphatic heterocycles. The molecular weight excluding hydrogens is 248 g/mol. The maximum atomic E-state index is 12.2. The second kappa shape index (κ2) is 4.97. The van der Waals surface area contributed by atoms with Crippen LogP contribution in [0, 0.1) is 19.8 Å². The van der Waals surface area contributed by atoms with E-state index in [1.165, 1.54) is 0 Å². The molecular formula is C12H16N4OS. The number of carbonyl (C=O) groups is 1. The van der Waals surface area contributed by atoms with Crippen molar-refractivity contribution in [3.8, 4) is 0 Å². The van der Waals surface area contributed by atoms with Crippen molar-refractivity contribution in [1.29, 1.82) is 0 Å². The lowest BCUT2D eigenvalue weighted by Gasteiger charge is -2.17. The number of aryl methyl sites for hydroxylation is 2. The van der Waals surface area contributed by atoms with Crippen LogP contribution in [-0.4, -0.2) is 27.1 Å². The predicted octanol–water partition coefficient (Wildman–Crippen LogP) is 0.888. The van der Waals surface area contributed by atoms with E-state index in [1.54, 1.807) is 19.9 Å². The summed E-state index contributed by atoms with van der Waals surface area (Å²) < 4.78 is 0. The fourth-order valence-electron chi connectivity index (χ4n) is 1.85. The number of nitrogens with two attached hydrogens (primary N) is 1. The zero-order chi connectivity index (χ0) is 13.3. The van der Waals surface area contributed by atoms with E-state index >= 15 is 0 Å². The van der Waals surface area contributed by atoms with Crippen LogP contribution in [0.1, 0.15) is 34.6 Å². The smallest absolute Gasteiger partial charge is 0.253 e. The van der Waals surface area contributed by atoms with Gasteiger partial charge in [0.1, 0.15) is 0 Å². The fourth-order valence-corrected chi connectivity index (χ4v) is 2.10. The summed E-state index contributed by atoms with van der Waals surface area (Å²) in [5.41, 5.74) is 7.51. The molecule has 1 aromatic heterocycles. The average molecular weight is 264 g/mol. The topological polar surface area (TPSA) is 80.9 Å². The normalized spacial score (nSPS) is 16.1. The van der Waals surface area contributed by atoms with Crippen molar-refractivity contribution in [3.63, 3.8) is 0 Å². The number of aromatic nitrogens is 2. The molecule has 1 aliphatic carbocycles. The molecule has 1 aliphatic rings. The molecule has 0 bridgehead atoms. The summed E-state index contributed by atoms with van der Waals surface area (Å²) in [5, 5.41) is 10.7. The van der Waals surface area contributed by atoms with Gasteiger partial charge in [-0.3, -0.25) is 4.79 Å². The second-order valence-corrected chi connectivity index (χ2v) is 5.15. The van der Waals surface area contributed by atoms with E-state index in [9.17, 15) is 4.79 Å². The van der Waals surface area contributed by atoms with Crippen molar-refractivity contribution in [2.45, 2.75) is 32.7 Å². The van der Waals surface area contributed by atoms with Crippen molar-refractivity contribution in [3.05, 3.63) is 23.0 Å². The Morgan fingerprint density at radius 3 is 2.72 bits per heavy atom. The van der Waals surface area contributed by atoms with Crippen LogP contribution in [0.25, 0.3) is 0 Å². The van der Waals surface area contributed by atoms with Crippen LogP contribution in [0.4, 0.5) is 0 Å². The number of carbonyl (C=O) groups excluding carboxylic acids is 1. The Bertz CT molecular complexity index is 499. The van der Waals surface area contributed by atoms with Gasteiger partial charge in [-0.15, -0.1) is 0 Å². The summed E-state index contributed by atoms with van der Waals surface area (Å²) in [5.74, 6) is 0.206. The Balaban J connectivity index is 2.15. The van der Waals surface area contributed by atoms with Gasteiger partial charge in [-0.25, -0.2) is 0 Å². The molecule has 18 heavy (non-hydrogen) atoms. The minimum atomic E-state index is -0.208. The van der Waals surface area contributed by atoms with Crippen molar-refractivity contribution < 1.29 is 4.79 Å². The van der Waals surface area contributed by atoms with E-state index in [4.69, 9.17) is 18.0 Å². The Morgan fingerprint density at radius 1 is 1.50 bits per heavy atom. The quantitative estimate of drug-likeness (QED) is 0.789. The van der Waals surface area contributed by atoms with Crippen LogP contribution in [0.15, 0.2) is 6.07 Å². The highest BCUT2D eigenvalue weighted by Gasteiger charge is 2.34. The van der Waals surface area contributed by atoms with Crippen LogP contribution in [0.5, 0.6) is 0 Å². The molecule has 1 fully saturated rings. The Labute approximate surface area is 111 Å². The molecule has 1 amide bonds. The molecule has 1 aromatic rings. The number of hydrogen-bond acceptors (Lipinski definition) is 4. The molecule has 0 radical (unpaired) electrons. The van der Waals surface area contributed by atoms with Crippen molar-refractivity contribution >= 4 is 23.1 Å². The molecule has 1 atom stereocenters. The molecule has 6 heteroatoms. The van der Waals surface area contributed by atoms with Gasteiger partial charge in [-0.2, -0.15) is 10.2 Å². The minimum absolute atomic E-state index is 0.185. The van der Waals surface area contributed by atoms with Gasteiger partial charge in [0.15, 0.2) is 0 Å². The molecule has 0 spiro atoms. The molecule has 1 saturated carbocycles. The summed E-state index contributed by atoms with van der Waals surface area (Å²) in [7, 11) is 0. The Kier molecular flexibility index (Phi) is 3.56. The van der Waals surface area contributed by atoms with E-state index in [-0.39, 0.29) is 11.9 Å².